The number of pyridine rings is 2. The van der Waals surface area contributed by atoms with Crippen LogP contribution in [0.25, 0.3) is 0 Å². The first-order valence-electron chi connectivity index (χ1n) is 6.84. The number of carbonyl (C=O) groups excluding carboxylic acids is 1. The molecule has 3 N–H and O–H groups in total. The molecule has 0 bridgehead atoms. The molecule has 0 saturated heterocycles. The van der Waals surface area contributed by atoms with Crippen LogP contribution in [0.1, 0.15) is 21.5 Å². The van der Waals surface area contributed by atoms with E-state index in [9.17, 15) is 4.79 Å². The number of hydrogen-bond donors (Lipinski definition) is 3. The van der Waals surface area contributed by atoms with Crippen molar-refractivity contribution in [2.45, 2.75) is 0 Å². The molecule has 0 radical (unpaired) electrons. The highest BCUT2D eigenvalue weighted by Crippen LogP contribution is 2.13. The molecule has 0 aliphatic carbocycles. The van der Waals surface area contributed by atoms with E-state index < -0.39 is 5.91 Å². The van der Waals surface area contributed by atoms with Crippen LogP contribution in [0.4, 0.5) is 5.82 Å². The van der Waals surface area contributed by atoms with Gasteiger partial charge in [0.25, 0.3) is 5.91 Å². The Morgan fingerprint density at radius 1 is 1.39 bits per heavy atom. The van der Waals surface area contributed by atoms with E-state index in [0.29, 0.717) is 24.5 Å². The van der Waals surface area contributed by atoms with Crippen molar-refractivity contribution >= 4 is 11.7 Å². The van der Waals surface area contributed by atoms with Gasteiger partial charge in [-0.05, 0) is 18.2 Å². The number of hydroxylamine groups is 1. The molecule has 2 aromatic rings. The molecule has 2 rings (SSSR count). The Morgan fingerprint density at radius 3 is 2.96 bits per heavy atom. The van der Waals surface area contributed by atoms with Gasteiger partial charge in [0, 0.05) is 37.8 Å². The zero-order valence-electron chi connectivity index (χ0n) is 12.5. The largest absolute Gasteiger partial charge is 0.383 e. The lowest BCUT2D eigenvalue weighted by Crippen LogP contribution is -2.19. The summed E-state index contributed by atoms with van der Waals surface area (Å²) in [5.74, 6) is 5.80. The second kappa shape index (κ2) is 8.48. The minimum absolute atomic E-state index is 0.209. The van der Waals surface area contributed by atoms with E-state index in [0.717, 1.165) is 5.56 Å². The number of nitrogens with one attached hydrogen (secondary N) is 2. The van der Waals surface area contributed by atoms with E-state index in [1.807, 2.05) is 6.07 Å². The molecule has 0 aliphatic heterocycles. The highest BCUT2D eigenvalue weighted by atomic mass is 16.5. The number of amides is 1. The second-order valence-electron chi connectivity index (χ2n) is 4.47. The Kier molecular flexibility index (Phi) is 6.06. The molecular weight excluding hydrogens is 296 g/mol. The lowest BCUT2D eigenvalue weighted by molar-refractivity contribution is 0.0706. The minimum Gasteiger partial charge on any atom is -0.383 e. The fourth-order valence-corrected chi connectivity index (χ4v) is 1.74. The third kappa shape index (κ3) is 4.78. The van der Waals surface area contributed by atoms with Crippen LogP contribution in [0.3, 0.4) is 0 Å². The van der Waals surface area contributed by atoms with Gasteiger partial charge in [0.15, 0.2) is 0 Å². The van der Waals surface area contributed by atoms with E-state index >= 15 is 0 Å². The average molecular weight is 312 g/mol. The van der Waals surface area contributed by atoms with Gasteiger partial charge in [-0.3, -0.25) is 15.0 Å². The smallest absolute Gasteiger partial charge is 0.276 e. The van der Waals surface area contributed by atoms with Crippen molar-refractivity contribution in [3.8, 4) is 11.8 Å². The van der Waals surface area contributed by atoms with Crippen LogP contribution in [-0.2, 0) is 4.74 Å². The van der Waals surface area contributed by atoms with Crippen molar-refractivity contribution in [2.75, 3.05) is 25.6 Å². The number of nitrogens with zero attached hydrogens (tertiary/aromatic N) is 2. The number of anilines is 1. The molecule has 0 saturated carbocycles. The summed E-state index contributed by atoms with van der Waals surface area (Å²) in [5.41, 5.74) is 3.06. The molecule has 7 nitrogen and oxygen atoms in total. The first-order valence-corrected chi connectivity index (χ1v) is 6.84. The quantitative estimate of drug-likeness (QED) is 0.330. The first-order chi connectivity index (χ1) is 11.2. The van der Waals surface area contributed by atoms with Gasteiger partial charge in [-0.15, -0.1) is 0 Å². The number of aromatic nitrogens is 2. The van der Waals surface area contributed by atoms with E-state index in [1.165, 1.54) is 6.20 Å². The summed E-state index contributed by atoms with van der Waals surface area (Å²) in [6.45, 7) is 1.06. The van der Waals surface area contributed by atoms with Gasteiger partial charge >= 0.3 is 0 Å². The van der Waals surface area contributed by atoms with Crippen molar-refractivity contribution in [3.05, 3.63) is 53.5 Å². The summed E-state index contributed by atoms with van der Waals surface area (Å²) < 4.78 is 4.98. The average Bonchev–Trinajstić information content (AvgIpc) is 2.61. The van der Waals surface area contributed by atoms with Crippen LogP contribution in [0.2, 0.25) is 0 Å². The Bertz CT molecular complexity index is 723. The molecule has 0 aromatic carbocycles. The first kappa shape index (κ1) is 16.4. The highest BCUT2D eigenvalue weighted by molar-refractivity contribution is 5.93. The standard InChI is InChI=1S/C16H16N4O3/c1-23-8-7-18-15-13(5-4-12-3-2-6-17-10-12)9-14(11-19-15)16(21)20-22/h2-3,6,9-11,22H,7-8H2,1H3,(H,18,19)(H,20,21). The Hall–Kier alpha value is -2.95. The van der Waals surface area contributed by atoms with Crippen molar-refractivity contribution in [1.29, 1.82) is 0 Å². The Balaban J connectivity index is 2.32. The van der Waals surface area contributed by atoms with E-state index in [1.54, 1.807) is 37.1 Å². The summed E-state index contributed by atoms with van der Waals surface area (Å²) in [4.78, 5) is 19.7. The van der Waals surface area contributed by atoms with Crippen molar-refractivity contribution < 1.29 is 14.7 Å². The normalized spacial score (nSPS) is 9.65. The maximum atomic E-state index is 11.5. The maximum Gasteiger partial charge on any atom is 0.276 e. The van der Waals surface area contributed by atoms with Crippen LogP contribution in [0.5, 0.6) is 0 Å². The monoisotopic (exact) mass is 312 g/mol. The molecule has 0 aliphatic rings. The summed E-state index contributed by atoms with van der Waals surface area (Å²) in [6.07, 6.45) is 4.66. The van der Waals surface area contributed by atoms with Gasteiger partial charge in [-0.1, -0.05) is 11.8 Å². The van der Waals surface area contributed by atoms with Crippen LogP contribution in [0, 0.1) is 11.8 Å². The fourth-order valence-electron chi connectivity index (χ4n) is 1.74. The SMILES string of the molecule is COCCNc1ncc(C(=O)NO)cc1C#Cc1cccnc1. The zero-order valence-corrected chi connectivity index (χ0v) is 12.5. The lowest BCUT2D eigenvalue weighted by atomic mass is 10.1. The molecule has 0 fully saturated rings. The van der Waals surface area contributed by atoms with Gasteiger partial charge in [-0.2, -0.15) is 0 Å². The van der Waals surface area contributed by atoms with Crippen LogP contribution >= 0.6 is 0 Å². The van der Waals surface area contributed by atoms with Crippen molar-refractivity contribution in [3.63, 3.8) is 0 Å². The molecular formula is C16H16N4O3. The van der Waals surface area contributed by atoms with Crippen LogP contribution < -0.4 is 10.8 Å². The van der Waals surface area contributed by atoms with E-state index in [2.05, 4.69) is 27.1 Å². The van der Waals surface area contributed by atoms with Crippen molar-refractivity contribution in [1.82, 2.24) is 15.4 Å². The van der Waals surface area contributed by atoms with Gasteiger partial charge in [0.2, 0.25) is 0 Å². The molecule has 0 atom stereocenters. The van der Waals surface area contributed by atoms with Gasteiger partial charge in [0.1, 0.15) is 5.82 Å². The third-order valence-corrected chi connectivity index (χ3v) is 2.85. The van der Waals surface area contributed by atoms with E-state index in [4.69, 9.17) is 9.94 Å². The number of hydrogen-bond acceptors (Lipinski definition) is 6. The number of methoxy groups -OCH3 is 1. The molecule has 0 unspecified atom stereocenters. The fraction of sp³-hybridized carbons (Fsp3) is 0.188. The molecule has 2 aromatic heterocycles. The molecule has 118 valence electrons. The molecule has 0 spiro atoms. The molecule has 7 heteroatoms. The molecule has 23 heavy (non-hydrogen) atoms. The second-order valence-corrected chi connectivity index (χ2v) is 4.47. The Morgan fingerprint density at radius 2 is 2.26 bits per heavy atom. The Labute approximate surface area is 133 Å². The predicted molar refractivity (Wildman–Crippen MR) is 84.1 cm³/mol. The number of ether oxygens (including phenoxy) is 1. The summed E-state index contributed by atoms with van der Waals surface area (Å²) in [5, 5.41) is 11.8. The van der Waals surface area contributed by atoms with Gasteiger partial charge in [-0.25, -0.2) is 10.5 Å². The minimum atomic E-state index is -0.648. The summed E-state index contributed by atoms with van der Waals surface area (Å²) in [6, 6.07) is 5.17. The highest BCUT2D eigenvalue weighted by Gasteiger charge is 2.09. The summed E-state index contributed by atoms with van der Waals surface area (Å²) in [7, 11) is 1.60. The van der Waals surface area contributed by atoms with Gasteiger partial charge in [0.05, 0.1) is 17.7 Å². The van der Waals surface area contributed by atoms with E-state index in [-0.39, 0.29) is 5.56 Å². The summed E-state index contributed by atoms with van der Waals surface area (Å²) >= 11 is 0. The van der Waals surface area contributed by atoms with Crippen LogP contribution in [0.15, 0.2) is 36.8 Å². The number of carbonyl (C=O) groups is 1. The third-order valence-electron chi connectivity index (χ3n) is 2.85. The lowest BCUT2D eigenvalue weighted by Gasteiger charge is -2.08. The zero-order chi connectivity index (χ0) is 16.5. The van der Waals surface area contributed by atoms with Crippen molar-refractivity contribution in [2.24, 2.45) is 0 Å². The van der Waals surface area contributed by atoms with Crippen LogP contribution in [-0.4, -0.2) is 41.3 Å². The maximum absolute atomic E-state index is 11.5. The molecule has 2 heterocycles. The number of rotatable bonds is 5. The van der Waals surface area contributed by atoms with Gasteiger partial charge < -0.3 is 10.1 Å². The molecule has 1 amide bonds. The predicted octanol–water partition coefficient (Wildman–Crippen LogP) is 1.05. The topological polar surface area (TPSA) is 96.4 Å².